The van der Waals surface area contributed by atoms with Gasteiger partial charge in [0, 0.05) is 12.7 Å². The van der Waals surface area contributed by atoms with Crippen molar-refractivity contribution in [1.29, 1.82) is 5.41 Å². The summed E-state index contributed by atoms with van der Waals surface area (Å²) >= 11 is 0. The average Bonchev–Trinajstić information content (AvgIpc) is 2.47. The molecule has 3 heterocycles. The van der Waals surface area contributed by atoms with Gasteiger partial charge in [0.15, 0.2) is 0 Å². The van der Waals surface area contributed by atoms with Crippen LogP contribution in [0, 0.1) is 5.41 Å². The van der Waals surface area contributed by atoms with Gasteiger partial charge in [0.2, 0.25) is 0 Å². The topological polar surface area (TPSA) is 106 Å². The molecule has 3 aromatic heterocycles. The molecule has 3 aromatic rings. The number of carbonyl (C=O) groups excluding carboxylic acids is 1. The fourth-order valence-electron chi connectivity index (χ4n) is 2.38. The Morgan fingerprint density at radius 3 is 2.86 bits per heavy atom. The zero-order valence-electron chi connectivity index (χ0n) is 11.3. The monoisotopic (exact) mass is 283 g/mol. The number of rotatable bonds is 2. The van der Waals surface area contributed by atoms with Crippen LogP contribution < -0.4 is 16.8 Å². The van der Waals surface area contributed by atoms with Gasteiger partial charge in [-0.25, -0.2) is 4.98 Å². The van der Waals surface area contributed by atoms with Crippen LogP contribution >= 0.6 is 0 Å². The standard InChI is InChI=1S/C14H13N5O2/c1-2-18-11(15)8(12(16)20)7-9-13(18)17-10-5-3-4-6-19(10)14(9)21/h3-7,15H,2H2,1H3,(H2,16,20). The minimum absolute atomic E-state index is 0.0131. The van der Waals surface area contributed by atoms with E-state index in [0.29, 0.717) is 17.8 Å². The van der Waals surface area contributed by atoms with Gasteiger partial charge < -0.3 is 10.3 Å². The zero-order valence-corrected chi connectivity index (χ0v) is 11.3. The predicted molar refractivity (Wildman–Crippen MR) is 77.0 cm³/mol. The Morgan fingerprint density at radius 2 is 2.19 bits per heavy atom. The lowest BCUT2D eigenvalue weighted by Gasteiger charge is -2.11. The molecule has 0 bridgehead atoms. The summed E-state index contributed by atoms with van der Waals surface area (Å²) in [6.45, 7) is 2.22. The molecule has 1 amide bonds. The second kappa shape index (κ2) is 4.55. The minimum Gasteiger partial charge on any atom is -0.365 e. The summed E-state index contributed by atoms with van der Waals surface area (Å²) in [6.07, 6.45) is 1.61. The SMILES string of the molecule is CCn1c(=N)c(C(N)=O)cc2c(=O)n3ccccc3nc21. The number of hydrogen-bond acceptors (Lipinski definition) is 4. The Balaban J connectivity index is 2.63. The van der Waals surface area contributed by atoms with Crippen LogP contribution in [0.25, 0.3) is 16.7 Å². The summed E-state index contributed by atoms with van der Waals surface area (Å²) in [7, 11) is 0. The van der Waals surface area contributed by atoms with E-state index in [2.05, 4.69) is 4.98 Å². The average molecular weight is 283 g/mol. The summed E-state index contributed by atoms with van der Waals surface area (Å²) in [5, 5.41) is 8.32. The third kappa shape index (κ3) is 1.82. The lowest BCUT2D eigenvalue weighted by Crippen LogP contribution is -2.32. The third-order valence-electron chi connectivity index (χ3n) is 3.40. The van der Waals surface area contributed by atoms with E-state index in [1.165, 1.54) is 15.0 Å². The first kappa shape index (κ1) is 13.0. The molecule has 0 atom stereocenters. The second-order valence-electron chi connectivity index (χ2n) is 4.60. The van der Waals surface area contributed by atoms with E-state index in [9.17, 15) is 9.59 Å². The molecule has 0 spiro atoms. The van der Waals surface area contributed by atoms with Crippen LogP contribution in [-0.2, 0) is 6.54 Å². The fourth-order valence-corrected chi connectivity index (χ4v) is 2.38. The number of nitrogens with one attached hydrogen (secondary N) is 1. The highest BCUT2D eigenvalue weighted by Gasteiger charge is 2.14. The predicted octanol–water partition coefficient (Wildman–Crippen LogP) is 0.247. The van der Waals surface area contributed by atoms with E-state index in [-0.39, 0.29) is 22.0 Å². The molecule has 0 aliphatic carbocycles. The summed E-state index contributed by atoms with van der Waals surface area (Å²) < 4.78 is 2.90. The summed E-state index contributed by atoms with van der Waals surface area (Å²) in [4.78, 5) is 28.4. The summed E-state index contributed by atoms with van der Waals surface area (Å²) in [5.41, 5.74) is 5.84. The van der Waals surface area contributed by atoms with Crippen molar-refractivity contribution in [1.82, 2.24) is 14.0 Å². The van der Waals surface area contributed by atoms with Crippen molar-refractivity contribution < 1.29 is 4.79 Å². The maximum atomic E-state index is 12.5. The Labute approximate surface area is 118 Å². The molecule has 3 N–H and O–H groups in total. The number of hydrogen-bond donors (Lipinski definition) is 2. The van der Waals surface area contributed by atoms with Crippen molar-refractivity contribution in [3.8, 4) is 0 Å². The number of primary amides is 1. The van der Waals surface area contributed by atoms with E-state index in [1.807, 2.05) is 6.92 Å². The molecule has 0 saturated heterocycles. The van der Waals surface area contributed by atoms with Crippen molar-refractivity contribution in [3.05, 3.63) is 51.9 Å². The number of aryl methyl sites for hydroxylation is 1. The molecule has 3 rings (SSSR count). The highest BCUT2D eigenvalue weighted by Crippen LogP contribution is 2.09. The maximum absolute atomic E-state index is 12.5. The Kier molecular flexibility index (Phi) is 2.83. The smallest absolute Gasteiger partial charge is 0.267 e. The van der Waals surface area contributed by atoms with Crippen LogP contribution in [0.3, 0.4) is 0 Å². The second-order valence-corrected chi connectivity index (χ2v) is 4.60. The minimum atomic E-state index is -0.735. The first-order chi connectivity index (χ1) is 10.0. The highest BCUT2D eigenvalue weighted by atomic mass is 16.1. The van der Waals surface area contributed by atoms with E-state index >= 15 is 0 Å². The maximum Gasteiger partial charge on any atom is 0.267 e. The van der Waals surface area contributed by atoms with E-state index in [1.54, 1.807) is 24.4 Å². The van der Waals surface area contributed by atoms with E-state index in [0.717, 1.165) is 0 Å². The summed E-state index contributed by atoms with van der Waals surface area (Å²) in [5.74, 6) is -0.735. The molecule has 106 valence electrons. The highest BCUT2D eigenvalue weighted by molar-refractivity contribution is 5.95. The lowest BCUT2D eigenvalue weighted by molar-refractivity contribution is 0.0998. The quantitative estimate of drug-likeness (QED) is 0.658. The van der Waals surface area contributed by atoms with Crippen LogP contribution in [0.5, 0.6) is 0 Å². The van der Waals surface area contributed by atoms with Gasteiger partial charge >= 0.3 is 0 Å². The van der Waals surface area contributed by atoms with Gasteiger partial charge in [-0.3, -0.25) is 19.4 Å². The molecule has 0 radical (unpaired) electrons. The van der Waals surface area contributed by atoms with Gasteiger partial charge in [0.25, 0.3) is 11.5 Å². The number of pyridine rings is 2. The largest absolute Gasteiger partial charge is 0.365 e. The number of aromatic nitrogens is 3. The molecule has 21 heavy (non-hydrogen) atoms. The molecule has 0 aliphatic rings. The Hall–Kier alpha value is -2.96. The van der Waals surface area contributed by atoms with Crippen molar-refractivity contribution in [2.24, 2.45) is 5.73 Å². The molecular weight excluding hydrogens is 270 g/mol. The van der Waals surface area contributed by atoms with Gasteiger partial charge in [-0.15, -0.1) is 0 Å². The zero-order chi connectivity index (χ0) is 15.1. The van der Waals surface area contributed by atoms with Crippen LogP contribution in [0.2, 0.25) is 0 Å². The lowest BCUT2D eigenvalue weighted by atomic mass is 10.2. The van der Waals surface area contributed by atoms with Gasteiger partial charge in [0.05, 0.1) is 10.9 Å². The molecule has 0 saturated carbocycles. The molecule has 0 fully saturated rings. The van der Waals surface area contributed by atoms with Crippen LogP contribution in [0.15, 0.2) is 35.3 Å². The van der Waals surface area contributed by atoms with Crippen molar-refractivity contribution >= 4 is 22.6 Å². The number of carbonyl (C=O) groups is 1. The molecule has 7 heteroatoms. The van der Waals surface area contributed by atoms with Crippen LogP contribution in [0.1, 0.15) is 17.3 Å². The van der Waals surface area contributed by atoms with Gasteiger partial charge in [-0.1, -0.05) is 6.07 Å². The first-order valence-corrected chi connectivity index (χ1v) is 6.44. The third-order valence-corrected chi connectivity index (χ3v) is 3.40. The van der Waals surface area contributed by atoms with Gasteiger partial charge in [-0.2, -0.15) is 0 Å². The molecule has 0 unspecified atom stereocenters. The van der Waals surface area contributed by atoms with E-state index < -0.39 is 5.91 Å². The van der Waals surface area contributed by atoms with Crippen LogP contribution in [-0.4, -0.2) is 19.9 Å². The number of amides is 1. The van der Waals surface area contributed by atoms with Gasteiger partial charge in [0.1, 0.15) is 16.8 Å². The molecular formula is C14H13N5O2. The Bertz CT molecular complexity index is 1000. The fraction of sp³-hybridized carbons (Fsp3) is 0.143. The van der Waals surface area contributed by atoms with Gasteiger partial charge in [-0.05, 0) is 25.1 Å². The number of fused-ring (bicyclic) bond motifs is 2. The molecule has 7 nitrogen and oxygen atoms in total. The van der Waals surface area contributed by atoms with Crippen molar-refractivity contribution in [3.63, 3.8) is 0 Å². The first-order valence-electron chi connectivity index (χ1n) is 6.44. The van der Waals surface area contributed by atoms with E-state index in [4.69, 9.17) is 11.1 Å². The Morgan fingerprint density at radius 1 is 1.43 bits per heavy atom. The number of nitrogens with two attached hydrogens (primary N) is 1. The van der Waals surface area contributed by atoms with Crippen molar-refractivity contribution in [2.75, 3.05) is 0 Å². The van der Waals surface area contributed by atoms with Crippen molar-refractivity contribution in [2.45, 2.75) is 13.5 Å². The number of nitrogens with zero attached hydrogens (tertiary/aromatic N) is 3. The normalized spacial score (nSPS) is 11.1. The molecule has 0 aromatic carbocycles. The molecule has 0 aliphatic heterocycles. The summed E-state index contributed by atoms with van der Waals surface area (Å²) in [6, 6.07) is 6.57. The van der Waals surface area contributed by atoms with Crippen LogP contribution in [0.4, 0.5) is 0 Å².